The Morgan fingerprint density at radius 3 is 2.65 bits per heavy atom. The summed E-state index contributed by atoms with van der Waals surface area (Å²) in [4.78, 5) is 15.2. The maximum Gasteiger partial charge on any atom is 0.354 e. The van der Waals surface area contributed by atoms with Gasteiger partial charge in [-0.1, -0.05) is 36.4 Å². The molecule has 0 aliphatic heterocycles. The SMILES string of the molecule is COCCCCC(Nc1cccc(C(=O)O)n1)c1ccccc1. The first-order chi connectivity index (χ1) is 11.2. The number of carboxylic acid groups (broad SMARTS) is 1. The zero-order valence-electron chi connectivity index (χ0n) is 13.2. The number of ether oxygens (including phenoxy) is 1. The topological polar surface area (TPSA) is 71.5 Å². The molecule has 1 unspecified atom stereocenters. The van der Waals surface area contributed by atoms with Gasteiger partial charge in [-0.05, 0) is 37.0 Å². The minimum atomic E-state index is -1.02. The van der Waals surface area contributed by atoms with Crippen LogP contribution in [0.15, 0.2) is 48.5 Å². The molecular weight excluding hydrogens is 292 g/mol. The second kappa shape index (κ2) is 8.90. The lowest BCUT2D eigenvalue weighted by atomic mass is 10.0. The summed E-state index contributed by atoms with van der Waals surface area (Å²) in [5.74, 6) is -0.449. The fraction of sp³-hybridized carbons (Fsp3) is 0.333. The number of rotatable bonds is 9. The molecule has 23 heavy (non-hydrogen) atoms. The number of aromatic nitrogens is 1. The molecule has 1 aromatic heterocycles. The maximum absolute atomic E-state index is 11.0. The Morgan fingerprint density at radius 2 is 1.96 bits per heavy atom. The monoisotopic (exact) mass is 314 g/mol. The minimum Gasteiger partial charge on any atom is -0.477 e. The van der Waals surface area contributed by atoms with Gasteiger partial charge in [0.2, 0.25) is 0 Å². The molecule has 0 saturated carbocycles. The van der Waals surface area contributed by atoms with Crippen molar-refractivity contribution in [2.45, 2.75) is 25.3 Å². The number of hydrogen-bond donors (Lipinski definition) is 2. The fourth-order valence-electron chi connectivity index (χ4n) is 2.42. The van der Waals surface area contributed by atoms with Crippen molar-refractivity contribution in [1.29, 1.82) is 0 Å². The fourth-order valence-corrected chi connectivity index (χ4v) is 2.42. The summed E-state index contributed by atoms with van der Waals surface area (Å²) in [7, 11) is 1.70. The summed E-state index contributed by atoms with van der Waals surface area (Å²) in [6.07, 6.45) is 2.93. The Balaban J connectivity index is 2.10. The molecule has 0 spiro atoms. The molecule has 2 aromatic rings. The number of anilines is 1. The number of carboxylic acids is 1. The minimum absolute atomic E-state index is 0.0428. The normalized spacial score (nSPS) is 11.9. The van der Waals surface area contributed by atoms with Gasteiger partial charge in [0.15, 0.2) is 5.69 Å². The molecule has 0 aliphatic carbocycles. The molecule has 0 amide bonds. The molecule has 2 rings (SSSR count). The van der Waals surface area contributed by atoms with Crippen LogP contribution in [0.4, 0.5) is 5.82 Å². The average molecular weight is 314 g/mol. The quantitative estimate of drug-likeness (QED) is 0.690. The molecule has 0 aliphatic rings. The van der Waals surface area contributed by atoms with Crippen molar-refractivity contribution in [3.63, 3.8) is 0 Å². The first-order valence-corrected chi connectivity index (χ1v) is 7.71. The number of aromatic carboxylic acids is 1. The van der Waals surface area contributed by atoms with Crippen molar-refractivity contribution < 1.29 is 14.6 Å². The molecule has 5 nitrogen and oxygen atoms in total. The van der Waals surface area contributed by atoms with Gasteiger partial charge >= 0.3 is 5.97 Å². The summed E-state index contributed by atoms with van der Waals surface area (Å²) in [5, 5.41) is 12.4. The number of nitrogens with zero attached hydrogens (tertiary/aromatic N) is 1. The Hall–Kier alpha value is -2.40. The van der Waals surface area contributed by atoms with Crippen LogP contribution in [0.5, 0.6) is 0 Å². The van der Waals surface area contributed by atoms with E-state index in [-0.39, 0.29) is 11.7 Å². The van der Waals surface area contributed by atoms with Crippen molar-refractivity contribution in [3.8, 4) is 0 Å². The van der Waals surface area contributed by atoms with Crippen molar-refractivity contribution >= 4 is 11.8 Å². The van der Waals surface area contributed by atoms with Crippen molar-refractivity contribution in [2.24, 2.45) is 0 Å². The molecule has 5 heteroatoms. The van der Waals surface area contributed by atoms with Gasteiger partial charge in [0.1, 0.15) is 5.82 Å². The van der Waals surface area contributed by atoms with E-state index in [1.807, 2.05) is 18.2 Å². The Bertz CT molecular complexity index is 617. The molecule has 1 heterocycles. The number of carbonyl (C=O) groups is 1. The number of methoxy groups -OCH3 is 1. The molecule has 0 bridgehead atoms. The van der Waals surface area contributed by atoms with E-state index in [4.69, 9.17) is 9.84 Å². The standard InChI is InChI=1S/C18H22N2O3/c1-23-13-6-5-10-15(14-8-3-2-4-9-14)19-17-12-7-11-16(20-17)18(21)22/h2-4,7-9,11-12,15H,5-6,10,13H2,1H3,(H,19,20)(H,21,22). The van der Waals surface area contributed by atoms with Crippen molar-refractivity contribution in [3.05, 3.63) is 59.8 Å². The smallest absolute Gasteiger partial charge is 0.354 e. The average Bonchev–Trinajstić information content (AvgIpc) is 2.58. The van der Waals surface area contributed by atoms with Gasteiger partial charge < -0.3 is 15.2 Å². The van der Waals surface area contributed by atoms with Crippen LogP contribution in [0.3, 0.4) is 0 Å². The zero-order chi connectivity index (χ0) is 16.5. The first-order valence-electron chi connectivity index (χ1n) is 7.71. The van der Waals surface area contributed by atoms with E-state index in [1.54, 1.807) is 19.2 Å². The third-order valence-electron chi connectivity index (χ3n) is 3.58. The molecule has 1 aromatic carbocycles. The van der Waals surface area contributed by atoms with Gasteiger partial charge in [0.05, 0.1) is 6.04 Å². The third-order valence-corrected chi connectivity index (χ3v) is 3.58. The highest BCUT2D eigenvalue weighted by molar-refractivity contribution is 5.85. The van der Waals surface area contributed by atoms with Crippen LogP contribution < -0.4 is 5.32 Å². The summed E-state index contributed by atoms with van der Waals surface area (Å²) in [5.41, 5.74) is 1.20. The van der Waals surface area contributed by atoms with E-state index in [0.29, 0.717) is 5.82 Å². The molecule has 0 radical (unpaired) electrons. The number of pyridine rings is 1. The van der Waals surface area contributed by atoms with Crippen LogP contribution in [-0.4, -0.2) is 29.8 Å². The second-order valence-corrected chi connectivity index (χ2v) is 5.31. The lowest BCUT2D eigenvalue weighted by molar-refractivity contribution is 0.0690. The van der Waals surface area contributed by atoms with E-state index in [1.165, 1.54) is 6.07 Å². The van der Waals surface area contributed by atoms with Crippen LogP contribution >= 0.6 is 0 Å². The van der Waals surface area contributed by atoms with E-state index < -0.39 is 5.97 Å². The molecule has 122 valence electrons. The van der Waals surface area contributed by atoms with E-state index >= 15 is 0 Å². The summed E-state index contributed by atoms with van der Waals surface area (Å²) in [6.45, 7) is 0.744. The highest BCUT2D eigenvalue weighted by Crippen LogP contribution is 2.23. The Morgan fingerprint density at radius 1 is 1.17 bits per heavy atom. The van der Waals surface area contributed by atoms with Crippen LogP contribution in [0.2, 0.25) is 0 Å². The number of hydrogen-bond acceptors (Lipinski definition) is 4. The predicted molar refractivity (Wildman–Crippen MR) is 89.7 cm³/mol. The third kappa shape index (κ3) is 5.38. The van der Waals surface area contributed by atoms with Gasteiger partial charge in [-0.15, -0.1) is 0 Å². The van der Waals surface area contributed by atoms with Crippen LogP contribution in [0.1, 0.15) is 41.4 Å². The van der Waals surface area contributed by atoms with Crippen LogP contribution in [0.25, 0.3) is 0 Å². The number of benzene rings is 1. The van der Waals surface area contributed by atoms with E-state index in [9.17, 15) is 4.79 Å². The van der Waals surface area contributed by atoms with Crippen molar-refractivity contribution in [2.75, 3.05) is 19.0 Å². The van der Waals surface area contributed by atoms with Crippen molar-refractivity contribution in [1.82, 2.24) is 4.98 Å². The van der Waals surface area contributed by atoms with Gasteiger partial charge in [-0.2, -0.15) is 0 Å². The van der Waals surface area contributed by atoms with Crippen LogP contribution in [0, 0.1) is 0 Å². The molecule has 2 N–H and O–H groups in total. The van der Waals surface area contributed by atoms with E-state index in [2.05, 4.69) is 22.4 Å². The highest BCUT2D eigenvalue weighted by atomic mass is 16.5. The molecule has 1 atom stereocenters. The highest BCUT2D eigenvalue weighted by Gasteiger charge is 2.13. The number of unbranched alkanes of at least 4 members (excludes halogenated alkanes) is 1. The van der Waals surface area contributed by atoms with E-state index in [0.717, 1.165) is 31.4 Å². The Kier molecular flexibility index (Phi) is 6.56. The van der Waals surface area contributed by atoms with Gasteiger partial charge in [-0.3, -0.25) is 0 Å². The molecular formula is C18H22N2O3. The van der Waals surface area contributed by atoms with Gasteiger partial charge in [0.25, 0.3) is 0 Å². The lowest BCUT2D eigenvalue weighted by Crippen LogP contribution is -2.13. The molecule has 0 saturated heterocycles. The summed E-state index contributed by atoms with van der Waals surface area (Å²) in [6, 6.07) is 15.2. The zero-order valence-corrected chi connectivity index (χ0v) is 13.2. The van der Waals surface area contributed by atoms with Crippen LogP contribution in [-0.2, 0) is 4.74 Å². The maximum atomic E-state index is 11.0. The predicted octanol–water partition coefficient (Wildman–Crippen LogP) is 3.75. The van der Waals surface area contributed by atoms with Gasteiger partial charge in [-0.25, -0.2) is 9.78 Å². The first kappa shape index (κ1) is 17.0. The Labute approximate surface area is 136 Å². The number of nitrogens with one attached hydrogen (secondary N) is 1. The summed E-state index contributed by atoms with van der Waals surface area (Å²) < 4.78 is 5.09. The molecule has 0 fully saturated rings. The van der Waals surface area contributed by atoms with Gasteiger partial charge in [0, 0.05) is 13.7 Å². The largest absolute Gasteiger partial charge is 0.477 e. The second-order valence-electron chi connectivity index (χ2n) is 5.31. The summed E-state index contributed by atoms with van der Waals surface area (Å²) >= 11 is 0. The lowest BCUT2D eigenvalue weighted by Gasteiger charge is -2.20.